The fraction of sp³-hybridized carbons (Fsp3) is 1.00. The average Bonchev–Trinajstić information content (AvgIpc) is 2.08. The van der Waals surface area contributed by atoms with Gasteiger partial charge in [-0.1, -0.05) is 36.4 Å². The monoisotopic (exact) mass is 298 g/mol. The van der Waals surface area contributed by atoms with Crippen molar-refractivity contribution in [1.82, 2.24) is 0 Å². The van der Waals surface area contributed by atoms with E-state index >= 15 is 0 Å². The molecule has 78 valence electrons. The van der Waals surface area contributed by atoms with E-state index in [2.05, 4.69) is 43.4 Å². The van der Waals surface area contributed by atoms with Gasteiger partial charge in [0.2, 0.25) is 0 Å². The third kappa shape index (κ3) is 3.72. The molecule has 2 nitrogen and oxygen atoms in total. The van der Waals surface area contributed by atoms with Gasteiger partial charge in [0.25, 0.3) is 0 Å². The summed E-state index contributed by atoms with van der Waals surface area (Å²) >= 11 is 2.39. The van der Waals surface area contributed by atoms with Crippen LogP contribution in [0.25, 0.3) is 0 Å². The fourth-order valence-electron chi connectivity index (χ4n) is 1.31. The second kappa shape index (κ2) is 4.45. The van der Waals surface area contributed by atoms with Crippen LogP contribution in [0.5, 0.6) is 0 Å². The van der Waals surface area contributed by atoms with Gasteiger partial charge in [0.15, 0.2) is 5.79 Å². The first-order chi connectivity index (χ1) is 5.97. The summed E-state index contributed by atoms with van der Waals surface area (Å²) in [5.74, 6) is -0.319. The molecule has 0 N–H and O–H groups in total. The Morgan fingerprint density at radius 2 is 1.69 bits per heavy atom. The zero-order chi connectivity index (χ0) is 9.95. The number of halogens is 1. The maximum absolute atomic E-state index is 5.76. The predicted octanol–water partition coefficient (Wildman–Crippen LogP) is 2.99. The van der Waals surface area contributed by atoms with Gasteiger partial charge in [0, 0.05) is 11.8 Å². The van der Waals surface area contributed by atoms with E-state index in [1.165, 1.54) is 4.43 Å². The standard InChI is InChI=1S/C10H19IO2/c1-9(2)7-12-10(3,13-8-9)5-4-6-11/h4-8H2,1-3H3. The van der Waals surface area contributed by atoms with Gasteiger partial charge in [0.1, 0.15) is 0 Å². The molecule has 0 aliphatic carbocycles. The fourth-order valence-corrected chi connectivity index (χ4v) is 1.69. The van der Waals surface area contributed by atoms with E-state index in [1.807, 2.05) is 0 Å². The molecule has 0 radical (unpaired) electrons. The van der Waals surface area contributed by atoms with E-state index in [1.54, 1.807) is 0 Å². The van der Waals surface area contributed by atoms with Crippen molar-refractivity contribution >= 4 is 22.6 Å². The third-order valence-electron chi connectivity index (χ3n) is 2.30. The van der Waals surface area contributed by atoms with Crippen molar-refractivity contribution in [3.63, 3.8) is 0 Å². The van der Waals surface area contributed by atoms with Crippen molar-refractivity contribution < 1.29 is 9.47 Å². The van der Waals surface area contributed by atoms with Crippen LogP contribution in [-0.2, 0) is 9.47 Å². The zero-order valence-electron chi connectivity index (χ0n) is 8.73. The molecule has 1 fully saturated rings. The lowest BCUT2D eigenvalue weighted by Gasteiger charge is -2.41. The maximum atomic E-state index is 5.76. The summed E-state index contributed by atoms with van der Waals surface area (Å²) in [4.78, 5) is 0. The van der Waals surface area contributed by atoms with Crippen molar-refractivity contribution in [2.45, 2.75) is 39.4 Å². The van der Waals surface area contributed by atoms with Crippen LogP contribution in [0.2, 0.25) is 0 Å². The van der Waals surface area contributed by atoms with Gasteiger partial charge in [-0.25, -0.2) is 0 Å². The van der Waals surface area contributed by atoms with Crippen molar-refractivity contribution in [2.24, 2.45) is 5.41 Å². The second-order valence-electron chi connectivity index (χ2n) is 4.67. The summed E-state index contributed by atoms with van der Waals surface area (Å²) in [5.41, 5.74) is 0.184. The summed E-state index contributed by atoms with van der Waals surface area (Å²) in [6, 6.07) is 0. The number of hydrogen-bond acceptors (Lipinski definition) is 2. The molecule has 0 bridgehead atoms. The summed E-state index contributed by atoms with van der Waals surface area (Å²) in [6.07, 6.45) is 2.17. The van der Waals surface area contributed by atoms with Crippen LogP contribution in [0.3, 0.4) is 0 Å². The Labute approximate surface area is 94.5 Å². The van der Waals surface area contributed by atoms with E-state index < -0.39 is 0 Å². The molecule has 0 aromatic rings. The first kappa shape index (κ1) is 11.7. The van der Waals surface area contributed by atoms with Crippen LogP contribution in [0.1, 0.15) is 33.6 Å². The summed E-state index contributed by atoms with van der Waals surface area (Å²) in [5, 5.41) is 0. The lowest BCUT2D eigenvalue weighted by atomic mass is 9.94. The summed E-state index contributed by atoms with van der Waals surface area (Å²) in [7, 11) is 0. The molecule has 0 saturated carbocycles. The Balaban J connectivity index is 2.37. The molecule has 0 aromatic heterocycles. The minimum atomic E-state index is -0.319. The predicted molar refractivity (Wildman–Crippen MR) is 62.2 cm³/mol. The minimum absolute atomic E-state index is 0.184. The Hall–Kier alpha value is 0.650. The minimum Gasteiger partial charge on any atom is -0.350 e. The number of hydrogen-bond donors (Lipinski definition) is 0. The van der Waals surface area contributed by atoms with Crippen molar-refractivity contribution in [3.05, 3.63) is 0 Å². The molecule has 3 heteroatoms. The highest BCUT2D eigenvalue weighted by molar-refractivity contribution is 14.1. The van der Waals surface area contributed by atoms with E-state index in [4.69, 9.17) is 9.47 Å². The van der Waals surface area contributed by atoms with Crippen molar-refractivity contribution in [1.29, 1.82) is 0 Å². The molecule has 0 aromatic carbocycles. The average molecular weight is 298 g/mol. The number of ether oxygens (including phenoxy) is 2. The topological polar surface area (TPSA) is 18.5 Å². The quantitative estimate of drug-likeness (QED) is 0.589. The van der Waals surface area contributed by atoms with E-state index in [0.29, 0.717) is 0 Å². The molecule has 1 rings (SSSR count). The van der Waals surface area contributed by atoms with Gasteiger partial charge >= 0.3 is 0 Å². The highest BCUT2D eigenvalue weighted by Gasteiger charge is 2.36. The van der Waals surface area contributed by atoms with Crippen LogP contribution >= 0.6 is 22.6 Å². The van der Waals surface area contributed by atoms with Crippen LogP contribution in [-0.4, -0.2) is 23.4 Å². The molecule has 1 saturated heterocycles. The molecule has 1 heterocycles. The van der Waals surface area contributed by atoms with E-state index in [0.717, 1.165) is 26.1 Å². The van der Waals surface area contributed by atoms with Crippen LogP contribution in [0.4, 0.5) is 0 Å². The molecule has 0 spiro atoms. The second-order valence-corrected chi connectivity index (χ2v) is 5.75. The zero-order valence-corrected chi connectivity index (χ0v) is 10.9. The lowest BCUT2D eigenvalue weighted by Crippen LogP contribution is -2.45. The Kier molecular flexibility index (Phi) is 4.01. The SMILES string of the molecule is CC1(C)COC(C)(CCCI)OC1. The molecule has 0 amide bonds. The molecule has 0 atom stereocenters. The number of alkyl halides is 1. The van der Waals surface area contributed by atoms with Gasteiger partial charge < -0.3 is 9.47 Å². The molecular weight excluding hydrogens is 279 g/mol. The molecule has 0 unspecified atom stereocenters. The van der Waals surface area contributed by atoms with Crippen LogP contribution in [0.15, 0.2) is 0 Å². The van der Waals surface area contributed by atoms with Crippen molar-refractivity contribution in [2.75, 3.05) is 17.6 Å². The highest BCUT2D eigenvalue weighted by atomic mass is 127. The molecule has 1 aliphatic heterocycles. The smallest absolute Gasteiger partial charge is 0.165 e. The Morgan fingerprint density at radius 1 is 1.15 bits per heavy atom. The first-order valence-electron chi connectivity index (χ1n) is 4.81. The van der Waals surface area contributed by atoms with Gasteiger partial charge in [-0.15, -0.1) is 0 Å². The first-order valence-corrected chi connectivity index (χ1v) is 6.34. The lowest BCUT2D eigenvalue weighted by molar-refractivity contribution is -0.291. The highest BCUT2D eigenvalue weighted by Crippen LogP contribution is 2.31. The molecule has 13 heavy (non-hydrogen) atoms. The largest absolute Gasteiger partial charge is 0.350 e. The van der Waals surface area contributed by atoms with E-state index in [-0.39, 0.29) is 11.2 Å². The summed E-state index contributed by atoms with van der Waals surface area (Å²) < 4.78 is 12.7. The number of rotatable bonds is 3. The summed E-state index contributed by atoms with van der Waals surface area (Å²) in [6.45, 7) is 8.01. The van der Waals surface area contributed by atoms with Crippen LogP contribution < -0.4 is 0 Å². The van der Waals surface area contributed by atoms with E-state index in [9.17, 15) is 0 Å². The van der Waals surface area contributed by atoms with Gasteiger partial charge in [0.05, 0.1) is 13.2 Å². The molecule has 1 aliphatic rings. The van der Waals surface area contributed by atoms with Gasteiger partial charge in [-0.2, -0.15) is 0 Å². The van der Waals surface area contributed by atoms with Gasteiger partial charge in [-0.3, -0.25) is 0 Å². The Bertz CT molecular complexity index is 158. The Morgan fingerprint density at radius 3 is 2.15 bits per heavy atom. The van der Waals surface area contributed by atoms with Crippen molar-refractivity contribution in [3.8, 4) is 0 Å². The maximum Gasteiger partial charge on any atom is 0.165 e. The third-order valence-corrected chi connectivity index (χ3v) is 3.06. The van der Waals surface area contributed by atoms with Crippen LogP contribution in [0, 0.1) is 5.41 Å². The molecular formula is C10H19IO2. The van der Waals surface area contributed by atoms with Gasteiger partial charge in [-0.05, 0) is 17.8 Å². The normalized spacial score (nSPS) is 25.8.